The predicted octanol–water partition coefficient (Wildman–Crippen LogP) is 16.1. The second-order valence-electron chi connectivity index (χ2n) is 20.2. The third-order valence-corrected chi connectivity index (χ3v) is 15.0. The number of imidazole rings is 1. The van der Waals surface area contributed by atoms with E-state index in [0.717, 1.165) is 101 Å². The number of aryl methyl sites for hydroxylation is 2. The van der Waals surface area contributed by atoms with Gasteiger partial charge in [0.1, 0.15) is 11.2 Å². The van der Waals surface area contributed by atoms with Gasteiger partial charge in [0, 0.05) is 75.2 Å². The number of fused-ring (bicyclic) bond motifs is 9. The summed E-state index contributed by atoms with van der Waals surface area (Å²) in [6, 6.07) is 42.7. The van der Waals surface area contributed by atoms with Gasteiger partial charge in [-0.15, -0.1) is 41.5 Å². The van der Waals surface area contributed by atoms with Crippen molar-refractivity contribution in [1.29, 1.82) is 0 Å². The SMILES string of the molecule is Cc1c[c-]c(-c2nc3c4ccccc4ccc3n2-c2ccc3c(c2)oc2cc(C(C)C)ccc23)c2oc3nc(C(C)C)ccc3c12.[2H]C([2H])([2H])c1c[c-]c(-c2cc(CC(C)C)c([Si](C)(C)C)cn2)c(F)c1.[Ir]. The van der Waals surface area contributed by atoms with Crippen LogP contribution in [0.5, 0.6) is 0 Å². The molecular formula is C60H57FIrN4O2Si-2. The van der Waals surface area contributed by atoms with Crippen molar-refractivity contribution in [2.45, 2.75) is 93.2 Å². The van der Waals surface area contributed by atoms with Crippen molar-refractivity contribution in [3.8, 4) is 28.3 Å². The smallest absolute Gasteiger partial charge is 0.216 e. The van der Waals surface area contributed by atoms with E-state index >= 15 is 0 Å². The molecule has 1 radical (unpaired) electrons. The van der Waals surface area contributed by atoms with Gasteiger partial charge in [-0.3, -0.25) is 9.37 Å². The summed E-state index contributed by atoms with van der Waals surface area (Å²) in [6.45, 7) is 19.6. The molecule has 6 nitrogen and oxygen atoms in total. The molecular weight excluding hydrogens is 1050 g/mol. The molecule has 0 aliphatic rings. The van der Waals surface area contributed by atoms with E-state index in [1.807, 2.05) is 18.3 Å². The summed E-state index contributed by atoms with van der Waals surface area (Å²) in [5.41, 5.74) is 12.1. The maximum atomic E-state index is 14.5. The fourth-order valence-electron chi connectivity index (χ4n) is 9.47. The minimum Gasteiger partial charge on any atom is -0.486 e. The number of benzene rings is 6. The Morgan fingerprint density at radius 1 is 0.754 bits per heavy atom. The molecule has 351 valence electrons. The molecule has 5 aromatic heterocycles. The van der Waals surface area contributed by atoms with Crippen LogP contribution in [0.15, 0.2) is 124 Å². The van der Waals surface area contributed by atoms with Crippen LogP contribution < -0.4 is 5.19 Å². The van der Waals surface area contributed by atoms with Gasteiger partial charge in [0.05, 0.1) is 30.5 Å². The van der Waals surface area contributed by atoms with Gasteiger partial charge in [-0.05, 0) is 82.4 Å². The Balaban J connectivity index is 0.000000210. The fourth-order valence-corrected chi connectivity index (χ4v) is 11.1. The molecule has 0 unspecified atom stereocenters. The van der Waals surface area contributed by atoms with Gasteiger partial charge in [0.25, 0.3) is 0 Å². The monoisotopic (exact) mass is 1110 g/mol. The Bertz CT molecular complexity index is 3860. The van der Waals surface area contributed by atoms with Gasteiger partial charge < -0.3 is 18.4 Å². The van der Waals surface area contributed by atoms with Crippen LogP contribution in [0.4, 0.5) is 4.39 Å². The molecule has 11 rings (SSSR count). The molecule has 0 saturated carbocycles. The predicted molar refractivity (Wildman–Crippen MR) is 283 cm³/mol. The number of halogens is 1. The van der Waals surface area contributed by atoms with Crippen molar-refractivity contribution < 1.29 is 37.4 Å². The van der Waals surface area contributed by atoms with Crippen molar-refractivity contribution in [2.75, 3.05) is 0 Å². The van der Waals surface area contributed by atoms with E-state index in [9.17, 15) is 4.39 Å². The van der Waals surface area contributed by atoms with Crippen LogP contribution in [0.1, 0.15) is 85.4 Å². The largest absolute Gasteiger partial charge is 0.486 e. The Morgan fingerprint density at radius 3 is 2.22 bits per heavy atom. The van der Waals surface area contributed by atoms with Crippen LogP contribution >= 0.6 is 0 Å². The van der Waals surface area contributed by atoms with Crippen molar-refractivity contribution in [3.63, 3.8) is 0 Å². The first-order valence-corrected chi connectivity index (χ1v) is 27.1. The molecule has 0 aliphatic heterocycles. The standard InChI is InChI=1S/C41H32N3O2.C19H25FNSi.Ir/c1-22(2)26-11-15-29-30-16-13-27(21-36(30)45-35(29)20-26)44-34-19-12-25-8-6-7-9-28(25)38(34)43-40(44)32-14-10-24(5)37-31-17-18-33(23(3)4)42-41(31)46-39(32)37;1-13(2)9-15-11-18(21-12-19(15)22(4,5)6)16-8-7-14(3)10-17(16)20;/h6-13,15-23H,1-5H3;7,10-13H,9H2,1-6H3;/q2*-1;/i;3D3;. The van der Waals surface area contributed by atoms with Gasteiger partial charge in [0.15, 0.2) is 0 Å². The molecule has 0 atom stereocenters. The van der Waals surface area contributed by atoms with Crippen LogP contribution in [0.3, 0.4) is 0 Å². The van der Waals surface area contributed by atoms with E-state index in [-0.39, 0.29) is 31.2 Å². The van der Waals surface area contributed by atoms with Gasteiger partial charge in [-0.2, -0.15) is 0 Å². The maximum absolute atomic E-state index is 14.5. The van der Waals surface area contributed by atoms with Crippen molar-refractivity contribution in [1.82, 2.24) is 19.5 Å². The molecule has 9 heteroatoms. The molecule has 0 amide bonds. The number of hydrogen-bond acceptors (Lipinski definition) is 5. The summed E-state index contributed by atoms with van der Waals surface area (Å²) in [6.07, 6.45) is 2.77. The number of furan rings is 2. The number of pyridine rings is 2. The molecule has 69 heavy (non-hydrogen) atoms. The molecule has 0 aliphatic carbocycles. The van der Waals surface area contributed by atoms with E-state index < -0.39 is 20.7 Å². The zero-order valence-corrected chi connectivity index (χ0v) is 44.1. The van der Waals surface area contributed by atoms with Crippen molar-refractivity contribution in [3.05, 3.63) is 161 Å². The van der Waals surface area contributed by atoms with Crippen LogP contribution in [0, 0.1) is 37.6 Å². The third-order valence-electron chi connectivity index (χ3n) is 13.0. The van der Waals surface area contributed by atoms with E-state index in [1.54, 1.807) is 0 Å². The quantitative estimate of drug-likeness (QED) is 0.112. The summed E-state index contributed by atoms with van der Waals surface area (Å²) in [7, 11) is -1.56. The van der Waals surface area contributed by atoms with Gasteiger partial charge >= 0.3 is 0 Å². The first-order chi connectivity index (χ1) is 33.7. The summed E-state index contributed by atoms with van der Waals surface area (Å²) in [5.74, 6) is 1.37. The minimum absolute atomic E-state index is 0. The molecule has 0 N–H and O–H groups in total. The Hall–Kier alpha value is -6.25. The van der Waals surface area contributed by atoms with Crippen molar-refractivity contribution in [2.24, 2.45) is 5.92 Å². The van der Waals surface area contributed by atoms with Crippen LogP contribution in [0.25, 0.3) is 94.1 Å². The summed E-state index contributed by atoms with van der Waals surface area (Å²) >= 11 is 0. The van der Waals surface area contributed by atoms with Gasteiger partial charge in [0.2, 0.25) is 5.71 Å². The molecule has 6 aromatic carbocycles. The topological polar surface area (TPSA) is 69.9 Å². The maximum Gasteiger partial charge on any atom is 0.216 e. The number of aromatic nitrogens is 4. The molecule has 0 bridgehead atoms. The summed E-state index contributed by atoms with van der Waals surface area (Å²) < 4.78 is 52.0. The average Bonchev–Trinajstić information content (AvgIpc) is 4.02. The normalized spacial score (nSPS) is 12.9. The molecule has 0 spiro atoms. The van der Waals surface area contributed by atoms with Gasteiger partial charge in [-0.25, -0.2) is 4.98 Å². The zero-order valence-electron chi connectivity index (χ0n) is 43.7. The first kappa shape index (κ1) is 44.0. The van der Waals surface area contributed by atoms with Crippen LogP contribution in [-0.2, 0) is 26.5 Å². The molecule has 11 aromatic rings. The summed E-state index contributed by atoms with van der Waals surface area (Å²) in [4.78, 5) is 14.7. The molecule has 0 fully saturated rings. The van der Waals surface area contributed by atoms with Crippen LogP contribution in [0.2, 0.25) is 19.6 Å². The Morgan fingerprint density at radius 2 is 1.49 bits per heavy atom. The fraction of sp³-hybridized carbons (Fsp3) is 0.250. The second-order valence-corrected chi connectivity index (χ2v) is 25.2. The zero-order chi connectivity index (χ0) is 50.3. The third kappa shape index (κ3) is 8.86. The van der Waals surface area contributed by atoms with Crippen LogP contribution in [-0.4, -0.2) is 27.6 Å². The second kappa shape index (κ2) is 18.6. The average molecular weight is 1110 g/mol. The Labute approximate surface area is 422 Å². The van der Waals surface area contributed by atoms with Crippen molar-refractivity contribution >= 4 is 79.1 Å². The van der Waals surface area contributed by atoms with E-state index in [4.69, 9.17) is 22.9 Å². The number of rotatable bonds is 8. The van der Waals surface area contributed by atoms with E-state index in [0.29, 0.717) is 29.2 Å². The van der Waals surface area contributed by atoms with E-state index in [2.05, 4.69) is 175 Å². The molecule has 5 heterocycles. The Kier molecular flexibility index (Phi) is 11.8. The molecule has 0 saturated heterocycles. The minimum atomic E-state index is -2.34. The first-order valence-electron chi connectivity index (χ1n) is 25.1. The van der Waals surface area contributed by atoms with Gasteiger partial charge in [-0.1, -0.05) is 146 Å². The number of hydrogen-bond donors (Lipinski definition) is 0. The summed E-state index contributed by atoms with van der Waals surface area (Å²) in [5, 5.41) is 7.79. The number of nitrogens with zero attached hydrogens (tertiary/aromatic N) is 4. The van der Waals surface area contributed by atoms with E-state index in [1.165, 1.54) is 22.4 Å².